The van der Waals surface area contributed by atoms with Gasteiger partial charge in [-0.1, -0.05) is 31.3 Å². The van der Waals surface area contributed by atoms with Gasteiger partial charge in [-0.3, -0.25) is 0 Å². The van der Waals surface area contributed by atoms with Crippen LogP contribution in [0.5, 0.6) is 0 Å². The molecule has 2 rings (SSSR count). The Labute approximate surface area is 129 Å². The quantitative estimate of drug-likeness (QED) is 0.870. The molecule has 0 unspecified atom stereocenters. The summed E-state index contributed by atoms with van der Waals surface area (Å²) in [6, 6.07) is 6.57. The van der Waals surface area contributed by atoms with Crippen LogP contribution in [0.1, 0.15) is 24.4 Å². The Kier molecular flexibility index (Phi) is 5.31. The van der Waals surface area contributed by atoms with Crippen molar-refractivity contribution in [3.8, 4) is 0 Å². The number of nitrogens with one attached hydrogen (secondary N) is 1. The van der Waals surface area contributed by atoms with E-state index in [1.807, 2.05) is 24.9 Å². The summed E-state index contributed by atoms with van der Waals surface area (Å²) in [6.07, 6.45) is 0. The largest absolute Gasteiger partial charge is 0.321 e. The van der Waals surface area contributed by atoms with Crippen molar-refractivity contribution >= 4 is 22.2 Å². The number of anilines is 2. The Morgan fingerprint density at radius 3 is 2.81 bits per heavy atom. The first kappa shape index (κ1) is 15.9. The molecule has 3 nitrogen and oxygen atoms in total. The molecule has 0 spiro atoms. The molecule has 0 aliphatic rings. The third-order valence-electron chi connectivity index (χ3n) is 3.20. The van der Waals surface area contributed by atoms with Gasteiger partial charge in [-0.05, 0) is 37.6 Å². The van der Waals surface area contributed by atoms with E-state index in [1.54, 1.807) is 17.4 Å². The van der Waals surface area contributed by atoms with Gasteiger partial charge in [0, 0.05) is 24.2 Å². The van der Waals surface area contributed by atoms with Crippen molar-refractivity contribution in [2.45, 2.75) is 27.3 Å². The van der Waals surface area contributed by atoms with Crippen LogP contribution in [-0.4, -0.2) is 18.6 Å². The molecule has 0 radical (unpaired) electrons. The minimum Gasteiger partial charge on any atom is -0.321 e. The molecule has 2 aromatic rings. The van der Waals surface area contributed by atoms with Gasteiger partial charge in [-0.2, -0.15) is 0 Å². The van der Waals surface area contributed by atoms with E-state index >= 15 is 0 Å². The predicted molar refractivity (Wildman–Crippen MR) is 87.9 cm³/mol. The van der Waals surface area contributed by atoms with Crippen LogP contribution in [0.15, 0.2) is 24.3 Å². The van der Waals surface area contributed by atoms with Crippen molar-refractivity contribution in [3.63, 3.8) is 0 Å². The zero-order valence-electron chi connectivity index (χ0n) is 13.0. The molecule has 1 aromatic carbocycles. The van der Waals surface area contributed by atoms with Gasteiger partial charge < -0.3 is 10.2 Å². The number of hydrogen-bond acceptors (Lipinski definition) is 4. The lowest BCUT2D eigenvalue weighted by molar-refractivity contribution is 0.554. The van der Waals surface area contributed by atoms with E-state index in [4.69, 9.17) is 0 Å². The smallest absolute Gasteiger partial charge is 0.190 e. The van der Waals surface area contributed by atoms with E-state index in [0.29, 0.717) is 5.92 Å². The number of aromatic nitrogens is 1. The molecule has 0 saturated heterocycles. The predicted octanol–water partition coefficient (Wildman–Crippen LogP) is 4.10. The van der Waals surface area contributed by atoms with Crippen LogP contribution in [0.25, 0.3) is 0 Å². The minimum absolute atomic E-state index is 0.230. The molecule has 0 saturated carbocycles. The summed E-state index contributed by atoms with van der Waals surface area (Å²) in [7, 11) is 1.92. The van der Waals surface area contributed by atoms with Gasteiger partial charge in [-0.15, -0.1) is 0 Å². The van der Waals surface area contributed by atoms with E-state index in [2.05, 4.69) is 24.1 Å². The highest BCUT2D eigenvalue weighted by molar-refractivity contribution is 7.15. The topological polar surface area (TPSA) is 28.2 Å². The monoisotopic (exact) mass is 307 g/mol. The second-order valence-corrected chi connectivity index (χ2v) is 6.63. The van der Waals surface area contributed by atoms with E-state index in [1.165, 1.54) is 17.0 Å². The summed E-state index contributed by atoms with van der Waals surface area (Å²) in [5, 5.41) is 4.32. The van der Waals surface area contributed by atoms with E-state index in [9.17, 15) is 4.39 Å². The molecule has 21 heavy (non-hydrogen) atoms. The fraction of sp³-hybridized carbons (Fsp3) is 0.438. The Balaban J connectivity index is 2.10. The Hall–Kier alpha value is -1.46. The second-order valence-electron chi connectivity index (χ2n) is 5.57. The summed E-state index contributed by atoms with van der Waals surface area (Å²) < 4.78 is 13.3. The Morgan fingerprint density at radius 2 is 2.14 bits per heavy atom. The van der Waals surface area contributed by atoms with Gasteiger partial charge >= 0.3 is 0 Å². The average molecular weight is 307 g/mol. The van der Waals surface area contributed by atoms with Crippen molar-refractivity contribution in [1.29, 1.82) is 0 Å². The maximum atomic E-state index is 13.3. The lowest BCUT2D eigenvalue weighted by Gasteiger charge is -2.15. The molecule has 0 bridgehead atoms. The summed E-state index contributed by atoms with van der Waals surface area (Å²) in [5.74, 6) is 0.402. The number of aryl methyl sites for hydroxylation is 1. The van der Waals surface area contributed by atoms with Gasteiger partial charge in [-0.25, -0.2) is 9.37 Å². The van der Waals surface area contributed by atoms with Crippen LogP contribution in [0.2, 0.25) is 0 Å². The molecule has 0 fully saturated rings. The number of rotatable bonds is 6. The van der Waals surface area contributed by atoms with Gasteiger partial charge in [0.2, 0.25) is 0 Å². The van der Waals surface area contributed by atoms with Crippen molar-refractivity contribution in [2.75, 3.05) is 18.5 Å². The standard InChI is InChI=1S/C16H22FN3S/c1-11(2)9-18-10-15-12(3)19-16(21-15)20(4)14-7-5-6-13(17)8-14/h5-8,11,18H,9-10H2,1-4H3. The number of hydrogen-bond donors (Lipinski definition) is 1. The van der Waals surface area contributed by atoms with Gasteiger partial charge in [0.1, 0.15) is 5.82 Å². The summed E-state index contributed by atoms with van der Waals surface area (Å²) in [4.78, 5) is 7.75. The molecule has 0 aliphatic carbocycles. The number of nitrogens with zero attached hydrogens (tertiary/aromatic N) is 2. The Morgan fingerprint density at radius 1 is 1.38 bits per heavy atom. The van der Waals surface area contributed by atoms with Gasteiger partial charge in [0.15, 0.2) is 5.13 Å². The maximum absolute atomic E-state index is 13.3. The fourth-order valence-corrected chi connectivity index (χ4v) is 3.00. The molecule has 0 amide bonds. The van der Waals surface area contributed by atoms with Crippen LogP contribution in [-0.2, 0) is 6.54 Å². The van der Waals surface area contributed by atoms with Crippen LogP contribution in [0.3, 0.4) is 0 Å². The van der Waals surface area contributed by atoms with E-state index in [-0.39, 0.29) is 5.82 Å². The van der Waals surface area contributed by atoms with Crippen LogP contribution >= 0.6 is 11.3 Å². The van der Waals surface area contributed by atoms with Crippen molar-refractivity contribution in [1.82, 2.24) is 10.3 Å². The highest BCUT2D eigenvalue weighted by Gasteiger charge is 2.13. The molecule has 0 aliphatic heterocycles. The molecule has 5 heteroatoms. The minimum atomic E-state index is -0.230. The molecular formula is C16H22FN3S. The maximum Gasteiger partial charge on any atom is 0.190 e. The van der Waals surface area contributed by atoms with E-state index in [0.717, 1.165) is 29.6 Å². The second kappa shape index (κ2) is 7.00. The average Bonchev–Trinajstić information content (AvgIpc) is 2.79. The van der Waals surface area contributed by atoms with Crippen molar-refractivity contribution in [3.05, 3.63) is 40.7 Å². The number of benzene rings is 1. The summed E-state index contributed by atoms with van der Waals surface area (Å²) >= 11 is 1.65. The first-order valence-electron chi connectivity index (χ1n) is 7.13. The van der Waals surface area contributed by atoms with Crippen LogP contribution < -0.4 is 10.2 Å². The van der Waals surface area contributed by atoms with Crippen molar-refractivity contribution in [2.24, 2.45) is 5.92 Å². The first-order valence-corrected chi connectivity index (χ1v) is 7.95. The molecule has 1 N–H and O–H groups in total. The zero-order valence-corrected chi connectivity index (χ0v) is 13.8. The lowest BCUT2D eigenvalue weighted by atomic mass is 10.2. The molecule has 0 atom stereocenters. The summed E-state index contributed by atoms with van der Waals surface area (Å²) in [6.45, 7) is 8.22. The zero-order chi connectivity index (χ0) is 15.4. The first-order chi connectivity index (χ1) is 9.97. The number of halogens is 1. The van der Waals surface area contributed by atoms with Gasteiger partial charge in [0.05, 0.1) is 5.69 Å². The molecular weight excluding hydrogens is 285 g/mol. The molecule has 114 valence electrons. The van der Waals surface area contributed by atoms with Crippen LogP contribution in [0.4, 0.5) is 15.2 Å². The van der Waals surface area contributed by atoms with Crippen molar-refractivity contribution < 1.29 is 4.39 Å². The highest BCUT2D eigenvalue weighted by atomic mass is 32.1. The SMILES string of the molecule is Cc1nc(N(C)c2cccc(F)c2)sc1CNCC(C)C. The Bertz CT molecular complexity index is 595. The molecule has 1 heterocycles. The van der Waals surface area contributed by atoms with E-state index < -0.39 is 0 Å². The third kappa shape index (κ3) is 4.25. The lowest BCUT2D eigenvalue weighted by Crippen LogP contribution is -2.18. The number of thiazole rings is 1. The molecule has 1 aromatic heterocycles. The normalized spacial score (nSPS) is 11.1. The van der Waals surface area contributed by atoms with Crippen LogP contribution in [0, 0.1) is 18.7 Å². The summed E-state index contributed by atoms with van der Waals surface area (Å²) in [5.41, 5.74) is 1.85. The van der Waals surface area contributed by atoms with Gasteiger partial charge in [0.25, 0.3) is 0 Å². The fourth-order valence-electron chi connectivity index (χ4n) is 1.99. The third-order valence-corrected chi connectivity index (χ3v) is 4.44. The highest BCUT2D eigenvalue weighted by Crippen LogP contribution is 2.30.